The summed E-state index contributed by atoms with van der Waals surface area (Å²) in [5, 5.41) is 0.688. The van der Waals surface area contributed by atoms with Crippen LogP contribution >= 0.6 is 27.5 Å². The number of nitrogens with zero attached hydrogens (tertiary/aromatic N) is 1. The Balaban J connectivity index is 1.62. The fraction of sp³-hybridized carbons (Fsp3) is 0.350. The van der Waals surface area contributed by atoms with Crippen LogP contribution in [-0.2, 0) is 17.8 Å². The third-order valence-corrected chi connectivity index (χ3v) is 5.78. The van der Waals surface area contributed by atoms with Gasteiger partial charge in [-0.2, -0.15) is 0 Å². The maximum Gasteiger partial charge on any atom is 0.414 e. The molecule has 25 heavy (non-hydrogen) atoms. The zero-order valence-electron chi connectivity index (χ0n) is 13.8. The van der Waals surface area contributed by atoms with Crippen LogP contribution in [0, 0.1) is 5.92 Å². The predicted molar refractivity (Wildman–Crippen MR) is 103 cm³/mol. The van der Waals surface area contributed by atoms with Gasteiger partial charge in [-0.15, -0.1) is 0 Å². The number of amides is 1. The van der Waals surface area contributed by atoms with Crippen molar-refractivity contribution in [3.8, 4) is 0 Å². The van der Waals surface area contributed by atoms with E-state index in [-0.39, 0.29) is 18.7 Å². The lowest BCUT2D eigenvalue weighted by Crippen LogP contribution is -2.45. The lowest BCUT2D eigenvalue weighted by atomic mass is 9.93. The number of carbonyl (C=O) groups is 1. The summed E-state index contributed by atoms with van der Waals surface area (Å²) < 4.78 is 6.51. The molecule has 2 aromatic rings. The van der Waals surface area contributed by atoms with Crippen molar-refractivity contribution in [1.82, 2.24) is 0 Å². The number of halogens is 2. The molecule has 1 fully saturated rings. The number of aryl methyl sites for hydroxylation is 1. The maximum atomic E-state index is 13.0. The molecule has 5 heteroatoms. The number of hydrogen-bond acceptors (Lipinski definition) is 2. The number of benzene rings is 2. The van der Waals surface area contributed by atoms with E-state index < -0.39 is 0 Å². The summed E-state index contributed by atoms with van der Waals surface area (Å²) in [4.78, 5) is 14.8. The average Bonchev–Trinajstić information content (AvgIpc) is 3.44. The molecule has 1 unspecified atom stereocenters. The van der Waals surface area contributed by atoms with Gasteiger partial charge in [0, 0.05) is 15.5 Å². The van der Waals surface area contributed by atoms with Crippen LogP contribution in [0.15, 0.2) is 46.9 Å². The van der Waals surface area contributed by atoms with E-state index in [0.29, 0.717) is 10.9 Å². The van der Waals surface area contributed by atoms with Gasteiger partial charge in [0.05, 0.1) is 5.69 Å². The van der Waals surface area contributed by atoms with Crippen LogP contribution in [0.25, 0.3) is 0 Å². The molecule has 0 bridgehead atoms. The van der Waals surface area contributed by atoms with Crippen LogP contribution in [0.3, 0.4) is 0 Å². The van der Waals surface area contributed by atoms with E-state index in [9.17, 15) is 4.79 Å². The standard InChI is InChI=1S/C20H19BrClNO2/c21-17-11-16(22)10-15-8-9-18(14-6-7-14)23(19(15)17)20(24)25-12-13-4-2-1-3-5-13/h1-5,10-11,14,18H,6-9,12H2. The minimum Gasteiger partial charge on any atom is -0.444 e. The molecule has 0 N–H and O–H groups in total. The molecule has 0 aromatic heterocycles. The van der Waals surface area contributed by atoms with Crippen LogP contribution in [0.2, 0.25) is 5.02 Å². The molecule has 0 saturated heterocycles. The first-order valence-electron chi connectivity index (χ1n) is 8.61. The molecule has 1 amide bonds. The van der Waals surface area contributed by atoms with Gasteiger partial charge in [-0.05, 0) is 70.8 Å². The van der Waals surface area contributed by atoms with E-state index >= 15 is 0 Å². The Hall–Kier alpha value is -1.52. The van der Waals surface area contributed by atoms with Crippen molar-refractivity contribution >= 4 is 39.3 Å². The molecule has 0 spiro atoms. The van der Waals surface area contributed by atoms with Crippen molar-refractivity contribution < 1.29 is 9.53 Å². The first kappa shape index (κ1) is 16.9. The van der Waals surface area contributed by atoms with E-state index in [0.717, 1.165) is 34.1 Å². The fourth-order valence-electron chi connectivity index (χ4n) is 3.62. The smallest absolute Gasteiger partial charge is 0.414 e. The Morgan fingerprint density at radius 2 is 1.96 bits per heavy atom. The fourth-order valence-corrected chi connectivity index (χ4v) is 4.69. The molecule has 1 saturated carbocycles. The Morgan fingerprint density at radius 3 is 2.68 bits per heavy atom. The highest BCUT2D eigenvalue weighted by Gasteiger charge is 2.42. The number of carbonyl (C=O) groups excluding carboxylic acids is 1. The molecular formula is C20H19BrClNO2. The van der Waals surface area contributed by atoms with Gasteiger partial charge in [-0.3, -0.25) is 4.90 Å². The van der Waals surface area contributed by atoms with Crippen molar-refractivity contribution in [1.29, 1.82) is 0 Å². The maximum absolute atomic E-state index is 13.0. The highest BCUT2D eigenvalue weighted by molar-refractivity contribution is 9.10. The molecule has 1 aliphatic heterocycles. The zero-order chi connectivity index (χ0) is 17.4. The summed E-state index contributed by atoms with van der Waals surface area (Å²) in [5.41, 5.74) is 3.02. The lowest BCUT2D eigenvalue weighted by molar-refractivity contribution is 0.142. The molecule has 2 aromatic carbocycles. The molecule has 1 aliphatic carbocycles. The highest BCUT2D eigenvalue weighted by Crippen LogP contribution is 2.46. The molecule has 4 rings (SSSR count). The first-order chi connectivity index (χ1) is 12.1. The van der Waals surface area contributed by atoms with Gasteiger partial charge in [0.15, 0.2) is 0 Å². The minimum absolute atomic E-state index is 0.216. The summed E-state index contributed by atoms with van der Waals surface area (Å²) in [6, 6.07) is 13.8. The largest absolute Gasteiger partial charge is 0.444 e. The highest BCUT2D eigenvalue weighted by atomic mass is 79.9. The molecular weight excluding hydrogens is 402 g/mol. The molecule has 0 radical (unpaired) electrons. The predicted octanol–water partition coefficient (Wildman–Crippen LogP) is 5.97. The van der Waals surface area contributed by atoms with Gasteiger partial charge in [-0.25, -0.2) is 4.79 Å². The van der Waals surface area contributed by atoms with E-state index in [1.54, 1.807) is 0 Å². The Labute approximate surface area is 161 Å². The van der Waals surface area contributed by atoms with Crippen molar-refractivity contribution in [2.75, 3.05) is 4.90 Å². The minimum atomic E-state index is -0.273. The van der Waals surface area contributed by atoms with Crippen molar-refractivity contribution in [2.45, 2.75) is 38.3 Å². The van der Waals surface area contributed by atoms with Crippen molar-refractivity contribution in [2.24, 2.45) is 5.92 Å². The summed E-state index contributed by atoms with van der Waals surface area (Å²) in [6.45, 7) is 0.286. The number of anilines is 1. The van der Waals surface area contributed by atoms with E-state index in [2.05, 4.69) is 15.9 Å². The third kappa shape index (κ3) is 3.56. The summed E-state index contributed by atoms with van der Waals surface area (Å²) in [5.74, 6) is 0.583. The van der Waals surface area contributed by atoms with Crippen molar-refractivity contribution in [3.05, 3.63) is 63.1 Å². The molecule has 130 valence electrons. The molecule has 3 nitrogen and oxygen atoms in total. The van der Waals surface area contributed by atoms with Crippen LogP contribution < -0.4 is 4.90 Å². The summed E-state index contributed by atoms with van der Waals surface area (Å²) >= 11 is 9.80. The summed E-state index contributed by atoms with van der Waals surface area (Å²) in [6.07, 6.45) is 4.01. The van der Waals surface area contributed by atoms with Gasteiger partial charge in [0.2, 0.25) is 0 Å². The van der Waals surface area contributed by atoms with Crippen LogP contribution in [0.5, 0.6) is 0 Å². The SMILES string of the molecule is O=C(OCc1ccccc1)N1c2c(Br)cc(Cl)cc2CCC1C1CC1. The Bertz CT molecular complexity index is 792. The topological polar surface area (TPSA) is 29.5 Å². The second-order valence-corrected chi connectivity index (χ2v) is 8.04. The summed E-state index contributed by atoms with van der Waals surface area (Å²) in [7, 11) is 0. The van der Waals surface area contributed by atoms with Gasteiger partial charge >= 0.3 is 6.09 Å². The lowest BCUT2D eigenvalue weighted by Gasteiger charge is -2.37. The van der Waals surface area contributed by atoms with Crippen LogP contribution in [-0.4, -0.2) is 12.1 Å². The number of ether oxygens (including phenoxy) is 1. The molecule has 1 heterocycles. The van der Waals surface area contributed by atoms with Gasteiger partial charge in [0.1, 0.15) is 6.61 Å². The van der Waals surface area contributed by atoms with E-state index in [1.165, 1.54) is 12.8 Å². The quantitative estimate of drug-likeness (QED) is 0.612. The molecule has 1 atom stereocenters. The normalized spacial score (nSPS) is 19.4. The number of rotatable bonds is 3. The van der Waals surface area contributed by atoms with Crippen molar-refractivity contribution in [3.63, 3.8) is 0 Å². The number of hydrogen-bond donors (Lipinski definition) is 0. The second-order valence-electron chi connectivity index (χ2n) is 6.75. The van der Waals surface area contributed by atoms with Crippen LogP contribution in [0.1, 0.15) is 30.4 Å². The van der Waals surface area contributed by atoms with Gasteiger partial charge in [0.25, 0.3) is 0 Å². The number of fused-ring (bicyclic) bond motifs is 1. The second kappa shape index (κ2) is 7.00. The van der Waals surface area contributed by atoms with E-state index in [1.807, 2.05) is 47.4 Å². The Morgan fingerprint density at radius 1 is 1.20 bits per heavy atom. The van der Waals surface area contributed by atoms with Gasteiger partial charge in [-0.1, -0.05) is 41.9 Å². The van der Waals surface area contributed by atoms with E-state index in [4.69, 9.17) is 16.3 Å². The van der Waals surface area contributed by atoms with Crippen LogP contribution in [0.4, 0.5) is 10.5 Å². The Kier molecular flexibility index (Phi) is 4.74. The molecule has 2 aliphatic rings. The first-order valence-corrected chi connectivity index (χ1v) is 9.78. The monoisotopic (exact) mass is 419 g/mol. The van der Waals surface area contributed by atoms with Gasteiger partial charge < -0.3 is 4.74 Å². The third-order valence-electron chi connectivity index (χ3n) is 4.96. The average molecular weight is 421 g/mol. The zero-order valence-corrected chi connectivity index (χ0v) is 16.1.